The summed E-state index contributed by atoms with van der Waals surface area (Å²) in [6.07, 6.45) is 5.06. The summed E-state index contributed by atoms with van der Waals surface area (Å²) in [6, 6.07) is 14.8. The maximum Gasteiger partial charge on any atom is 0.123 e. The van der Waals surface area contributed by atoms with E-state index in [1.807, 2.05) is 0 Å². The molecule has 1 heterocycles. The zero-order chi connectivity index (χ0) is 15.4. The molecule has 0 unspecified atom stereocenters. The van der Waals surface area contributed by atoms with Gasteiger partial charge in [-0.3, -0.25) is 0 Å². The monoisotopic (exact) mass is 293 g/mol. The highest BCUT2D eigenvalue weighted by Crippen LogP contribution is 2.26. The van der Waals surface area contributed by atoms with Gasteiger partial charge in [-0.25, -0.2) is 14.4 Å². The molecular formula is C18H16FN3. The van der Waals surface area contributed by atoms with E-state index >= 15 is 0 Å². The van der Waals surface area contributed by atoms with Gasteiger partial charge in [0.2, 0.25) is 0 Å². The lowest BCUT2D eigenvalue weighted by atomic mass is 10.1. The molecule has 2 aromatic carbocycles. The Bertz CT molecular complexity index is 725. The van der Waals surface area contributed by atoms with E-state index in [9.17, 15) is 4.39 Å². The third-order valence-corrected chi connectivity index (χ3v) is 3.46. The van der Waals surface area contributed by atoms with Crippen LogP contribution in [-0.4, -0.2) is 9.97 Å². The summed E-state index contributed by atoms with van der Waals surface area (Å²) in [5, 5.41) is 0. The minimum atomic E-state index is -0.228. The van der Waals surface area contributed by atoms with Gasteiger partial charge < -0.3 is 4.90 Å². The molecule has 0 bridgehead atoms. The van der Waals surface area contributed by atoms with Crippen LogP contribution >= 0.6 is 0 Å². The second-order valence-electron chi connectivity index (χ2n) is 5.14. The fraction of sp³-hybridized carbons (Fsp3) is 0.111. The molecule has 4 heteroatoms. The Morgan fingerprint density at radius 2 is 1.50 bits per heavy atom. The zero-order valence-electron chi connectivity index (χ0n) is 12.3. The number of anilines is 2. The number of benzene rings is 2. The summed E-state index contributed by atoms with van der Waals surface area (Å²) in [7, 11) is 0. The normalized spacial score (nSPS) is 10.5. The topological polar surface area (TPSA) is 29.0 Å². The Hall–Kier alpha value is -2.75. The van der Waals surface area contributed by atoms with Crippen LogP contribution < -0.4 is 4.90 Å². The Kier molecular flexibility index (Phi) is 4.10. The van der Waals surface area contributed by atoms with Crippen LogP contribution in [0.5, 0.6) is 0 Å². The summed E-state index contributed by atoms with van der Waals surface area (Å²) < 4.78 is 13.1. The molecule has 110 valence electrons. The second kappa shape index (κ2) is 6.35. The zero-order valence-corrected chi connectivity index (χ0v) is 12.3. The molecular weight excluding hydrogens is 277 g/mol. The van der Waals surface area contributed by atoms with Gasteiger partial charge in [0.05, 0.1) is 18.1 Å². The van der Waals surface area contributed by atoms with Crippen molar-refractivity contribution in [3.05, 3.63) is 84.2 Å². The number of halogens is 1. The number of hydrogen-bond donors (Lipinski definition) is 0. The van der Waals surface area contributed by atoms with Crippen LogP contribution in [0.15, 0.2) is 67.3 Å². The Balaban J connectivity index is 1.96. The second-order valence-corrected chi connectivity index (χ2v) is 5.14. The van der Waals surface area contributed by atoms with Crippen LogP contribution in [0.2, 0.25) is 0 Å². The quantitative estimate of drug-likeness (QED) is 0.719. The molecule has 3 rings (SSSR count). The molecule has 0 atom stereocenters. The van der Waals surface area contributed by atoms with Crippen molar-refractivity contribution in [3.63, 3.8) is 0 Å². The van der Waals surface area contributed by atoms with Crippen molar-refractivity contribution >= 4 is 11.4 Å². The third kappa shape index (κ3) is 3.28. The van der Waals surface area contributed by atoms with Crippen molar-refractivity contribution in [2.24, 2.45) is 0 Å². The van der Waals surface area contributed by atoms with Gasteiger partial charge in [-0.05, 0) is 36.8 Å². The van der Waals surface area contributed by atoms with E-state index in [1.54, 1.807) is 24.5 Å². The molecule has 0 aliphatic carbocycles. The smallest absolute Gasteiger partial charge is 0.123 e. The molecule has 0 aliphatic heterocycles. The van der Waals surface area contributed by atoms with Gasteiger partial charge in [-0.2, -0.15) is 0 Å². The molecule has 3 nitrogen and oxygen atoms in total. The highest BCUT2D eigenvalue weighted by molar-refractivity contribution is 5.62. The highest BCUT2D eigenvalue weighted by atomic mass is 19.1. The van der Waals surface area contributed by atoms with Gasteiger partial charge in [0.1, 0.15) is 12.1 Å². The minimum Gasteiger partial charge on any atom is -0.334 e. The van der Waals surface area contributed by atoms with E-state index in [0.29, 0.717) is 6.54 Å². The van der Waals surface area contributed by atoms with Crippen LogP contribution in [0.4, 0.5) is 15.8 Å². The summed E-state index contributed by atoms with van der Waals surface area (Å²) >= 11 is 0. The van der Waals surface area contributed by atoms with Gasteiger partial charge >= 0.3 is 0 Å². The Morgan fingerprint density at radius 3 is 2.14 bits per heavy atom. The highest BCUT2D eigenvalue weighted by Gasteiger charge is 2.10. The van der Waals surface area contributed by atoms with Crippen molar-refractivity contribution < 1.29 is 4.39 Å². The van der Waals surface area contributed by atoms with E-state index in [4.69, 9.17) is 0 Å². The van der Waals surface area contributed by atoms with E-state index in [1.165, 1.54) is 24.0 Å². The van der Waals surface area contributed by atoms with Crippen LogP contribution in [-0.2, 0) is 6.54 Å². The number of rotatable bonds is 4. The predicted octanol–water partition coefficient (Wildman–Crippen LogP) is 4.26. The third-order valence-electron chi connectivity index (χ3n) is 3.46. The maximum absolute atomic E-state index is 13.1. The van der Waals surface area contributed by atoms with E-state index in [0.717, 1.165) is 16.9 Å². The lowest BCUT2D eigenvalue weighted by Gasteiger charge is -2.24. The first-order chi connectivity index (χ1) is 10.7. The van der Waals surface area contributed by atoms with Crippen molar-refractivity contribution in [1.82, 2.24) is 9.97 Å². The van der Waals surface area contributed by atoms with Crippen molar-refractivity contribution in [1.29, 1.82) is 0 Å². The summed E-state index contributed by atoms with van der Waals surface area (Å²) in [5.41, 5.74) is 4.17. The molecule has 0 fully saturated rings. The lowest BCUT2D eigenvalue weighted by molar-refractivity contribution is 0.627. The number of nitrogens with zero attached hydrogens (tertiary/aromatic N) is 3. The van der Waals surface area contributed by atoms with E-state index in [-0.39, 0.29) is 5.82 Å². The van der Waals surface area contributed by atoms with Crippen molar-refractivity contribution in [2.45, 2.75) is 13.5 Å². The molecule has 0 radical (unpaired) electrons. The summed E-state index contributed by atoms with van der Waals surface area (Å²) in [6.45, 7) is 2.68. The van der Waals surface area contributed by atoms with Crippen molar-refractivity contribution in [2.75, 3.05) is 4.90 Å². The standard InChI is InChI=1S/C18H16FN3/c1-14-2-8-17(9-3-14)22(18-10-20-13-21-11-18)12-15-4-6-16(19)7-5-15/h2-11,13H,12H2,1H3. The first kappa shape index (κ1) is 14.2. The van der Waals surface area contributed by atoms with Gasteiger partial charge in [0.15, 0.2) is 0 Å². The average Bonchev–Trinajstić information content (AvgIpc) is 2.56. The molecule has 0 saturated heterocycles. The summed E-state index contributed by atoms with van der Waals surface area (Å²) in [4.78, 5) is 10.3. The fourth-order valence-corrected chi connectivity index (χ4v) is 2.26. The first-order valence-electron chi connectivity index (χ1n) is 7.06. The van der Waals surface area contributed by atoms with Crippen LogP contribution in [0, 0.1) is 12.7 Å². The Labute approximate surface area is 129 Å². The number of aryl methyl sites for hydroxylation is 1. The predicted molar refractivity (Wildman–Crippen MR) is 85.5 cm³/mol. The van der Waals surface area contributed by atoms with Crippen LogP contribution in [0.25, 0.3) is 0 Å². The average molecular weight is 293 g/mol. The number of hydrogen-bond acceptors (Lipinski definition) is 3. The van der Waals surface area contributed by atoms with Gasteiger partial charge in [0, 0.05) is 12.2 Å². The number of aromatic nitrogens is 2. The van der Waals surface area contributed by atoms with Gasteiger partial charge in [-0.1, -0.05) is 29.8 Å². The molecule has 3 aromatic rings. The van der Waals surface area contributed by atoms with Crippen LogP contribution in [0.3, 0.4) is 0 Å². The van der Waals surface area contributed by atoms with Gasteiger partial charge in [-0.15, -0.1) is 0 Å². The van der Waals surface area contributed by atoms with E-state index < -0.39 is 0 Å². The largest absolute Gasteiger partial charge is 0.334 e. The maximum atomic E-state index is 13.1. The minimum absolute atomic E-state index is 0.228. The molecule has 0 saturated carbocycles. The fourth-order valence-electron chi connectivity index (χ4n) is 2.26. The Morgan fingerprint density at radius 1 is 0.864 bits per heavy atom. The molecule has 0 amide bonds. The molecule has 0 N–H and O–H groups in total. The van der Waals surface area contributed by atoms with Crippen molar-refractivity contribution in [3.8, 4) is 0 Å². The van der Waals surface area contributed by atoms with Crippen LogP contribution in [0.1, 0.15) is 11.1 Å². The van der Waals surface area contributed by atoms with E-state index in [2.05, 4.69) is 46.1 Å². The van der Waals surface area contributed by atoms with Gasteiger partial charge in [0.25, 0.3) is 0 Å². The molecule has 0 spiro atoms. The molecule has 0 aliphatic rings. The molecule has 22 heavy (non-hydrogen) atoms. The lowest BCUT2D eigenvalue weighted by Crippen LogP contribution is -2.16. The molecule has 1 aromatic heterocycles. The summed E-state index contributed by atoms with van der Waals surface area (Å²) in [5.74, 6) is -0.228. The first-order valence-corrected chi connectivity index (χ1v) is 7.06. The SMILES string of the molecule is Cc1ccc(N(Cc2ccc(F)cc2)c2cncnc2)cc1.